The first kappa shape index (κ1) is 16.5. The van der Waals surface area contributed by atoms with E-state index < -0.39 is 0 Å². The molecule has 2 atom stereocenters. The van der Waals surface area contributed by atoms with Gasteiger partial charge in [0.2, 0.25) is 0 Å². The number of benzene rings is 2. The highest BCUT2D eigenvalue weighted by atomic mass is 35.5. The van der Waals surface area contributed by atoms with Gasteiger partial charge in [-0.2, -0.15) is 0 Å². The maximum atomic E-state index is 6.34. The molecule has 1 saturated heterocycles. The highest BCUT2D eigenvalue weighted by Gasteiger charge is 2.26. The highest BCUT2D eigenvalue weighted by molar-refractivity contribution is 6.30. The molecule has 23 heavy (non-hydrogen) atoms. The molecular formula is C20H25ClN2. The van der Waals surface area contributed by atoms with E-state index in [9.17, 15) is 0 Å². The predicted molar refractivity (Wildman–Crippen MR) is 98.0 cm³/mol. The minimum atomic E-state index is 0.231. The molecule has 0 spiro atoms. The molecule has 3 rings (SSSR count). The fraction of sp³-hybridized carbons (Fsp3) is 0.400. The average Bonchev–Trinajstić information content (AvgIpc) is 2.49. The Morgan fingerprint density at radius 3 is 2.65 bits per heavy atom. The van der Waals surface area contributed by atoms with Gasteiger partial charge in [0.1, 0.15) is 0 Å². The Kier molecular flexibility index (Phi) is 5.05. The molecule has 2 unspecified atom stereocenters. The van der Waals surface area contributed by atoms with Crippen molar-refractivity contribution >= 4 is 11.6 Å². The van der Waals surface area contributed by atoms with Crippen LogP contribution in [0.1, 0.15) is 34.6 Å². The molecule has 1 heterocycles. The lowest BCUT2D eigenvalue weighted by Gasteiger charge is -2.36. The van der Waals surface area contributed by atoms with Gasteiger partial charge in [0.05, 0.1) is 0 Å². The summed E-state index contributed by atoms with van der Waals surface area (Å²) in [7, 11) is 0. The molecule has 2 aromatic rings. The molecule has 122 valence electrons. The van der Waals surface area contributed by atoms with Crippen LogP contribution in [-0.4, -0.2) is 24.0 Å². The monoisotopic (exact) mass is 328 g/mol. The van der Waals surface area contributed by atoms with Crippen molar-refractivity contribution in [1.29, 1.82) is 0 Å². The van der Waals surface area contributed by atoms with Crippen LogP contribution >= 0.6 is 11.6 Å². The number of piperidine rings is 1. The Balaban J connectivity index is 1.74. The van der Waals surface area contributed by atoms with Crippen LogP contribution < -0.4 is 5.73 Å². The summed E-state index contributed by atoms with van der Waals surface area (Å²) < 4.78 is 0. The van der Waals surface area contributed by atoms with Gasteiger partial charge in [0.25, 0.3) is 0 Å². The van der Waals surface area contributed by atoms with E-state index >= 15 is 0 Å². The number of nitrogens with zero attached hydrogens (tertiary/aromatic N) is 1. The number of likely N-dealkylation sites (tertiary alicyclic amines) is 1. The fourth-order valence-corrected chi connectivity index (χ4v) is 3.73. The van der Waals surface area contributed by atoms with E-state index in [-0.39, 0.29) is 6.04 Å². The third-order valence-electron chi connectivity index (χ3n) is 4.86. The van der Waals surface area contributed by atoms with E-state index in [4.69, 9.17) is 17.3 Å². The van der Waals surface area contributed by atoms with Gasteiger partial charge < -0.3 is 5.73 Å². The van der Waals surface area contributed by atoms with Crippen molar-refractivity contribution in [1.82, 2.24) is 4.90 Å². The lowest BCUT2D eigenvalue weighted by atomic mass is 9.87. The summed E-state index contributed by atoms with van der Waals surface area (Å²) in [4.78, 5) is 2.46. The minimum absolute atomic E-state index is 0.231. The Morgan fingerprint density at radius 2 is 1.91 bits per heavy atom. The Morgan fingerprint density at radius 1 is 1.09 bits per heavy atom. The van der Waals surface area contributed by atoms with E-state index in [0.29, 0.717) is 5.92 Å². The second-order valence-corrected chi connectivity index (χ2v) is 7.30. The summed E-state index contributed by atoms with van der Waals surface area (Å²) >= 11 is 6.10. The van der Waals surface area contributed by atoms with Crippen LogP contribution in [0.2, 0.25) is 5.02 Å². The molecule has 0 amide bonds. The van der Waals surface area contributed by atoms with Gasteiger partial charge in [-0.3, -0.25) is 4.90 Å². The first-order valence-corrected chi connectivity index (χ1v) is 8.68. The maximum Gasteiger partial charge on any atom is 0.0409 e. The van der Waals surface area contributed by atoms with Crippen LogP contribution in [0, 0.1) is 13.8 Å². The van der Waals surface area contributed by atoms with Gasteiger partial charge in [-0.1, -0.05) is 41.9 Å². The largest absolute Gasteiger partial charge is 0.327 e. The lowest BCUT2D eigenvalue weighted by molar-refractivity contribution is 0.181. The molecule has 3 heteroatoms. The second kappa shape index (κ2) is 7.04. The summed E-state index contributed by atoms with van der Waals surface area (Å²) in [5.41, 5.74) is 11.7. The third-order valence-corrected chi connectivity index (χ3v) is 5.09. The van der Waals surface area contributed by atoms with Gasteiger partial charge in [-0.05, 0) is 60.6 Å². The van der Waals surface area contributed by atoms with E-state index in [1.165, 1.54) is 22.3 Å². The summed E-state index contributed by atoms with van der Waals surface area (Å²) in [5, 5.41) is 0.800. The number of aryl methyl sites for hydroxylation is 2. The zero-order valence-corrected chi connectivity index (χ0v) is 14.7. The van der Waals surface area contributed by atoms with Crippen molar-refractivity contribution in [2.45, 2.75) is 38.8 Å². The number of halogens is 1. The van der Waals surface area contributed by atoms with E-state index in [0.717, 1.165) is 31.1 Å². The molecule has 0 saturated carbocycles. The zero-order chi connectivity index (χ0) is 16.4. The number of hydrogen-bond donors (Lipinski definition) is 1. The summed E-state index contributed by atoms with van der Waals surface area (Å²) in [6.45, 7) is 7.27. The van der Waals surface area contributed by atoms with Crippen LogP contribution in [0.4, 0.5) is 0 Å². The predicted octanol–water partition coefficient (Wildman–Crippen LogP) is 4.27. The van der Waals surface area contributed by atoms with E-state index in [2.05, 4.69) is 43.0 Å². The topological polar surface area (TPSA) is 29.3 Å². The van der Waals surface area contributed by atoms with Gasteiger partial charge in [-0.15, -0.1) is 0 Å². The molecule has 1 fully saturated rings. The number of rotatable bonds is 3. The van der Waals surface area contributed by atoms with Crippen LogP contribution in [0.3, 0.4) is 0 Å². The molecule has 2 nitrogen and oxygen atoms in total. The lowest BCUT2D eigenvalue weighted by Crippen LogP contribution is -2.45. The quantitative estimate of drug-likeness (QED) is 0.911. The standard InChI is InChI=1S/C20H25ClN2/c1-14-6-7-17(8-15(14)2)18-10-20(22)13-23(12-18)11-16-4-3-5-19(21)9-16/h3-9,18,20H,10-13,22H2,1-2H3. The molecule has 0 bridgehead atoms. The molecule has 1 aliphatic heterocycles. The number of hydrogen-bond acceptors (Lipinski definition) is 2. The second-order valence-electron chi connectivity index (χ2n) is 6.86. The molecule has 0 aromatic heterocycles. The molecule has 0 radical (unpaired) electrons. The molecule has 2 N–H and O–H groups in total. The van der Waals surface area contributed by atoms with Crippen LogP contribution in [-0.2, 0) is 6.54 Å². The van der Waals surface area contributed by atoms with Gasteiger partial charge in [-0.25, -0.2) is 0 Å². The van der Waals surface area contributed by atoms with Crippen molar-refractivity contribution in [2.75, 3.05) is 13.1 Å². The van der Waals surface area contributed by atoms with Crippen molar-refractivity contribution in [3.63, 3.8) is 0 Å². The number of nitrogens with two attached hydrogens (primary N) is 1. The van der Waals surface area contributed by atoms with Crippen molar-refractivity contribution in [3.05, 3.63) is 69.7 Å². The third kappa shape index (κ3) is 4.14. The summed E-state index contributed by atoms with van der Waals surface area (Å²) in [5.74, 6) is 0.511. The first-order chi connectivity index (χ1) is 11.0. The smallest absolute Gasteiger partial charge is 0.0409 e. The van der Waals surface area contributed by atoms with Crippen LogP contribution in [0.5, 0.6) is 0 Å². The Bertz CT molecular complexity index is 683. The first-order valence-electron chi connectivity index (χ1n) is 8.31. The Labute approximate surface area is 144 Å². The van der Waals surface area contributed by atoms with E-state index in [1.54, 1.807) is 0 Å². The fourth-order valence-electron chi connectivity index (χ4n) is 3.52. The van der Waals surface area contributed by atoms with Crippen molar-refractivity contribution in [3.8, 4) is 0 Å². The normalized spacial score (nSPS) is 22.3. The molecule has 2 aromatic carbocycles. The molecular weight excluding hydrogens is 304 g/mol. The van der Waals surface area contributed by atoms with Gasteiger partial charge >= 0.3 is 0 Å². The average molecular weight is 329 g/mol. The van der Waals surface area contributed by atoms with Crippen molar-refractivity contribution in [2.24, 2.45) is 5.73 Å². The van der Waals surface area contributed by atoms with Crippen LogP contribution in [0.15, 0.2) is 42.5 Å². The highest BCUT2D eigenvalue weighted by Crippen LogP contribution is 2.29. The Hall–Kier alpha value is -1.35. The van der Waals surface area contributed by atoms with Gasteiger partial charge in [0, 0.05) is 30.7 Å². The van der Waals surface area contributed by atoms with Gasteiger partial charge in [0.15, 0.2) is 0 Å². The van der Waals surface area contributed by atoms with E-state index in [1.807, 2.05) is 18.2 Å². The summed E-state index contributed by atoms with van der Waals surface area (Å²) in [6.07, 6.45) is 1.06. The molecule has 0 aliphatic carbocycles. The minimum Gasteiger partial charge on any atom is -0.327 e. The SMILES string of the molecule is Cc1ccc(C2CC(N)CN(Cc3cccc(Cl)c3)C2)cc1C. The van der Waals surface area contributed by atoms with Crippen molar-refractivity contribution < 1.29 is 0 Å². The molecule has 1 aliphatic rings. The maximum absolute atomic E-state index is 6.34. The zero-order valence-electron chi connectivity index (χ0n) is 13.9. The summed E-state index contributed by atoms with van der Waals surface area (Å²) in [6, 6.07) is 15.2. The van der Waals surface area contributed by atoms with Crippen LogP contribution in [0.25, 0.3) is 0 Å².